The average Bonchev–Trinajstić information content (AvgIpc) is 2.46. The Bertz CT molecular complexity index is 558. The highest BCUT2D eigenvalue weighted by molar-refractivity contribution is 5.75. The lowest BCUT2D eigenvalue weighted by Crippen LogP contribution is -2.24. The second kappa shape index (κ2) is 7.13. The first-order valence-corrected chi connectivity index (χ1v) is 6.38. The van der Waals surface area contributed by atoms with Crippen molar-refractivity contribution in [3.05, 3.63) is 54.4 Å². The number of hydrogen-bond donors (Lipinski definition) is 2. The number of benzene rings is 1. The monoisotopic (exact) mass is 271 g/mol. The third kappa shape index (κ3) is 4.61. The number of amides is 1. The molecule has 20 heavy (non-hydrogen) atoms. The molecule has 0 unspecified atom stereocenters. The van der Waals surface area contributed by atoms with Gasteiger partial charge < -0.3 is 15.8 Å². The van der Waals surface area contributed by atoms with E-state index in [1.54, 1.807) is 24.5 Å². The van der Waals surface area contributed by atoms with E-state index < -0.39 is 0 Å². The molecule has 1 aromatic heterocycles. The standard InChI is InChI=1S/C15H17N3O2/c16-13-2-1-3-14(10-13)20-9-6-15(19)18-11-12-4-7-17-8-5-12/h1-5,7-8,10H,6,9,11,16H2,(H,18,19). The molecule has 1 heterocycles. The zero-order valence-electron chi connectivity index (χ0n) is 11.1. The summed E-state index contributed by atoms with van der Waals surface area (Å²) < 4.78 is 5.46. The maximum atomic E-state index is 11.6. The normalized spacial score (nSPS) is 10.0. The maximum absolute atomic E-state index is 11.6. The Morgan fingerprint density at radius 3 is 2.80 bits per heavy atom. The van der Waals surface area contributed by atoms with Crippen molar-refractivity contribution in [2.75, 3.05) is 12.3 Å². The lowest BCUT2D eigenvalue weighted by molar-refractivity contribution is -0.121. The molecule has 0 aliphatic carbocycles. The number of hydrogen-bond acceptors (Lipinski definition) is 4. The van der Waals surface area contributed by atoms with Crippen LogP contribution in [0, 0.1) is 0 Å². The van der Waals surface area contributed by atoms with Gasteiger partial charge in [-0.2, -0.15) is 0 Å². The van der Waals surface area contributed by atoms with Crippen molar-refractivity contribution >= 4 is 11.6 Å². The summed E-state index contributed by atoms with van der Waals surface area (Å²) in [4.78, 5) is 15.6. The van der Waals surface area contributed by atoms with Gasteiger partial charge in [-0.15, -0.1) is 0 Å². The van der Waals surface area contributed by atoms with Crippen molar-refractivity contribution in [2.24, 2.45) is 0 Å². The van der Waals surface area contributed by atoms with Gasteiger partial charge in [0.1, 0.15) is 5.75 Å². The number of carbonyl (C=O) groups excluding carboxylic acids is 1. The summed E-state index contributed by atoms with van der Waals surface area (Å²) in [6.07, 6.45) is 3.70. The van der Waals surface area contributed by atoms with Crippen LogP contribution in [-0.2, 0) is 11.3 Å². The van der Waals surface area contributed by atoms with Gasteiger partial charge in [0, 0.05) is 30.7 Å². The Balaban J connectivity index is 1.68. The summed E-state index contributed by atoms with van der Waals surface area (Å²) in [5, 5.41) is 2.83. The van der Waals surface area contributed by atoms with Crippen LogP contribution in [0.15, 0.2) is 48.8 Å². The van der Waals surface area contributed by atoms with Crippen LogP contribution < -0.4 is 15.8 Å². The second-order valence-corrected chi connectivity index (χ2v) is 4.30. The van der Waals surface area contributed by atoms with Crippen LogP contribution in [0.4, 0.5) is 5.69 Å². The van der Waals surface area contributed by atoms with Crippen LogP contribution in [0.25, 0.3) is 0 Å². The quantitative estimate of drug-likeness (QED) is 0.785. The average molecular weight is 271 g/mol. The van der Waals surface area contributed by atoms with Gasteiger partial charge in [0.25, 0.3) is 0 Å². The number of pyridine rings is 1. The van der Waals surface area contributed by atoms with Crippen molar-refractivity contribution in [1.29, 1.82) is 0 Å². The summed E-state index contributed by atoms with van der Waals surface area (Å²) in [6, 6.07) is 10.9. The number of ether oxygens (including phenoxy) is 1. The third-order valence-electron chi connectivity index (χ3n) is 2.69. The van der Waals surface area contributed by atoms with Gasteiger partial charge in [0.15, 0.2) is 0 Å². The maximum Gasteiger partial charge on any atom is 0.223 e. The van der Waals surface area contributed by atoms with Crippen LogP contribution in [0.3, 0.4) is 0 Å². The number of nitrogens with two attached hydrogens (primary N) is 1. The van der Waals surface area contributed by atoms with Crippen molar-refractivity contribution in [3.63, 3.8) is 0 Å². The van der Waals surface area contributed by atoms with E-state index in [1.165, 1.54) is 0 Å². The van der Waals surface area contributed by atoms with Crippen LogP contribution in [-0.4, -0.2) is 17.5 Å². The van der Waals surface area contributed by atoms with Crippen LogP contribution in [0.2, 0.25) is 0 Å². The zero-order valence-corrected chi connectivity index (χ0v) is 11.1. The highest BCUT2D eigenvalue weighted by Crippen LogP contribution is 2.14. The molecule has 0 bridgehead atoms. The van der Waals surface area contributed by atoms with E-state index in [1.807, 2.05) is 24.3 Å². The Kier molecular flexibility index (Phi) is 4.94. The van der Waals surface area contributed by atoms with Gasteiger partial charge in [-0.3, -0.25) is 9.78 Å². The first-order valence-electron chi connectivity index (χ1n) is 6.38. The van der Waals surface area contributed by atoms with Gasteiger partial charge in [-0.05, 0) is 29.8 Å². The second-order valence-electron chi connectivity index (χ2n) is 4.30. The number of nitrogen functional groups attached to an aromatic ring is 1. The molecule has 0 atom stereocenters. The minimum absolute atomic E-state index is 0.0503. The van der Waals surface area contributed by atoms with Crippen molar-refractivity contribution in [2.45, 2.75) is 13.0 Å². The molecular formula is C15H17N3O2. The summed E-state index contributed by atoms with van der Waals surface area (Å²) in [5.41, 5.74) is 7.30. The minimum Gasteiger partial charge on any atom is -0.493 e. The van der Waals surface area contributed by atoms with E-state index in [4.69, 9.17) is 10.5 Å². The van der Waals surface area contributed by atoms with Crippen LogP contribution in [0.1, 0.15) is 12.0 Å². The smallest absolute Gasteiger partial charge is 0.223 e. The molecule has 0 aliphatic heterocycles. The first kappa shape index (κ1) is 13.9. The molecule has 1 amide bonds. The summed E-state index contributed by atoms with van der Waals surface area (Å²) in [6.45, 7) is 0.825. The van der Waals surface area contributed by atoms with Gasteiger partial charge >= 0.3 is 0 Å². The fraction of sp³-hybridized carbons (Fsp3) is 0.200. The third-order valence-corrected chi connectivity index (χ3v) is 2.69. The molecule has 0 radical (unpaired) electrons. The topological polar surface area (TPSA) is 77.2 Å². The summed E-state index contributed by atoms with van der Waals surface area (Å²) >= 11 is 0. The first-order chi connectivity index (χ1) is 9.74. The molecular weight excluding hydrogens is 254 g/mol. The zero-order chi connectivity index (χ0) is 14.2. The Labute approximate surface area is 117 Å². The molecule has 0 aliphatic rings. The minimum atomic E-state index is -0.0503. The molecule has 3 N–H and O–H groups in total. The summed E-state index contributed by atoms with van der Waals surface area (Å²) in [7, 11) is 0. The van der Waals surface area contributed by atoms with E-state index >= 15 is 0 Å². The molecule has 2 aromatic rings. The fourth-order valence-electron chi connectivity index (χ4n) is 1.66. The number of anilines is 1. The van der Waals surface area contributed by atoms with E-state index in [0.717, 1.165) is 5.56 Å². The summed E-state index contributed by atoms with van der Waals surface area (Å²) in [5.74, 6) is 0.623. The Morgan fingerprint density at radius 1 is 1.25 bits per heavy atom. The van der Waals surface area contributed by atoms with Crippen molar-refractivity contribution < 1.29 is 9.53 Å². The number of rotatable bonds is 6. The highest BCUT2D eigenvalue weighted by Gasteiger charge is 2.02. The lowest BCUT2D eigenvalue weighted by Gasteiger charge is -2.07. The molecule has 0 saturated carbocycles. The van der Waals surface area contributed by atoms with Crippen molar-refractivity contribution in [3.8, 4) is 5.75 Å². The fourth-order valence-corrected chi connectivity index (χ4v) is 1.66. The van der Waals surface area contributed by atoms with E-state index in [9.17, 15) is 4.79 Å². The van der Waals surface area contributed by atoms with Crippen LogP contribution >= 0.6 is 0 Å². The van der Waals surface area contributed by atoms with E-state index in [-0.39, 0.29) is 5.91 Å². The molecule has 1 aromatic carbocycles. The van der Waals surface area contributed by atoms with E-state index in [2.05, 4.69) is 10.3 Å². The molecule has 0 saturated heterocycles. The van der Waals surface area contributed by atoms with E-state index in [0.29, 0.717) is 31.0 Å². The molecule has 0 fully saturated rings. The number of aromatic nitrogens is 1. The van der Waals surface area contributed by atoms with Gasteiger partial charge in [0.05, 0.1) is 13.0 Å². The highest BCUT2D eigenvalue weighted by atomic mass is 16.5. The SMILES string of the molecule is Nc1cccc(OCCC(=O)NCc2ccncc2)c1. The molecule has 104 valence electrons. The van der Waals surface area contributed by atoms with Gasteiger partial charge in [-0.1, -0.05) is 6.07 Å². The molecule has 2 rings (SSSR count). The van der Waals surface area contributed by atoms with Crippen LogP contribution in [0.5, 0.6) is 5.75 Å². The Hall–Kier alpha value is -2.56. The number of nitrogens with zero attached hydrogens (tertiary/aromatic N) is 1. The number of carbonyl (C=O) groups is 1. The number of nitrogens with one attached hydrogen (secondary N) is 1. The Morgan fingerprint density at radius 2 is 2.05 bits per heavy atom. The molecule has 5 nitrogen and oxygen atoms in total. The molecule has 5 heteroatoms. The molecule has 0 spiro atoms. The predicted molar refractivity (Wildman–Crippen MR) is 77.1 cm³/mol. The van der Waals surface area contributed by atoms with Crippen molar-refractivity contribution in [1.82, 2.24) is 10.3 Å². The predicted octanol–water partition coefficient (Wildman–Crippen LogP) is 1.75. The largest absolute Gasteiger partial charge is 0.493 e. The van der Waals surface area contributed by atoms with Gasteiger partial charge in [0.2, 0.25) is 5.91 Å². The van der Waals surface area contributed by atoms with Gasteiger partial charge in [-0.25, -0.2) is 0 Å². The lowest BCUT2D eigenvalue weighted by atomic mass is 10.2.